The molecule has 0 bridgehead atoms. The van der Waals surface area contributed by atoms with Crippen molar-refractivity contribution in [2.75, 3.05) is 18.1 Å². The third-order valence-electron chi connectivity index (χ3n) is 1.75. The molecule has 0 saturated carbocycles. The van der Waals surface area contributed by atoms with E-state index in [0.717, 1.165) is 30.4 Å². The Hall–Kier alpha value is -0.810. The van der Waals surface area contributed by atoms with Gasteiger partial charge in [-0.1, -0.05) is 6.08 Å². The van der Waals surface area contributed by atoms with Gasteiger partial charge < -0.3 is 5.32 Å². The highest BCUT2D eigenvalue weighted by molar-refractivity contribution is 7.99. The van der Waals surface area contributed by atoms with Crippen LogP contribution in [0.15, 0.2) is 19.0 Å². The zero-order valence-corrected chi connectivity index (χ0v) is 9.26. The quantitative estimate of drug-likeness (QED) is 0.537. The number of nitrogens with one attached hydrogen (secondary N) is 1. The highest BCUT2D eigenvalue weighted by atomic mass is 32.2. The fourth-order valence-electron chi connectivity index (χ4n) is 0.991. The van der Waals surface area contributed by atoms with E-state index in [0.29, 0.717) is 0 Å². The number of hydrogen-bond acceptors (Lipinski definition) is 4. The predicted molar refractivity (Wildman–Crippen MR) is 60.2 cm³/mol. The molecule has 0 aliphatic rings. The standard InChI is InChI=1S/C9H16N4S/c1-3-5-14-6-4-10-7-9-11-8-12-13(9)2/h3,8,10H,1,4-7H2,2H3. The summed E-state index contributed by atoms with van der Waals surface area (Å²) in [5, 5.41) is 7.30. The molecule has 0 spiro atoms. The number of aryl methyl sites for hydroxylation is 1. The number of hydrogen-bond donors (Lipinski definition) is 1. The second-order valence-corrected chi connectivity index (χ2v) is 3.99. The second kappa shape index (κ2) is 6.62. The van der Waals surface area contributed by atoms with Gasteiger partial charge in [0, 0.05) is 25.1 Å². The highest BCUT2D eigenvalue weighted by Gasteiger charge is 1.97. The maximum absolute atomic E-state index is 4.12. The Labute approximate surface area is 88.8 Å². The van der Waals surface area contributed by atoms with E-state index >= 15 is 0 Å². The Balaban J connectivity index is 2.04. The smallest absolute Gasteiger partial charge is 0.140 e. The van der Waals surface area contributed by atoms with E-state index in [9.17, 15) is 0 Å². The van der Waals surface area contributed by atoms with Crippen LogP contribution >= 0.6 is 11.8 Å². The van der Waals surface area contributed by atoms with Crippen LogP contribution in [0.4, 0.5) is 0 Å². The van der Waals surface area contributed by atoms with Crippen molar-refractivity contribution in [2.45, 2.75) is 6.54 Å². The first-order chi connectivity index (χ1) is 6.84. The van der Waals surface area contributed by atoms with Crippen molar-refractivity contribution in [2.24, 2.45) is 7.05 Å². The van der Waals surface area contributed by atoms with Gasteiger partial charge in [0.05, 0.1) is 6.54 Å². The van der Waals surface area contributed by atoms with Crippen LogP contribution < -0.4 is 5.32 Å². The molecule has 14 heavy (non-hydrogen) atoms. The molecule has 0 aromatic carbocycles. The van der Waals surface area contributed by atoms with E-state index < -0.39 is 0 Å². The maximum Gasteiger partial charge on any atom is 0.140 e. The van der Waals surface area contributed by atoms with Gasteiger partial charge in [0.2, 0.25) is 0 Å². The fraction of sp³-hybridized carbons (Fsp3) is 0.556. The van der Waals surface area contributed by atoms with Crippen molar-refractivity contribution >= 4 is 11.8 Å². The van der Waals surface area contributed by atoms with Crippen molar-refractivity contribution in [3.05, 3.63) is 24.8 Å². The number of nitrogens with zero attached hydrogens (tertiary/aromatic N) is 3. The van der Waals surface area contributed by atoms with Crippen LogP contribution in [0, 0.1) is 0 Å². The molecule has 4 nitrogen and oxygen atoms in total. The summed E-state index contributed by atoms with van der Waals surface area (Å²) in [6, 6.07) is 0. The summed E-state index contributed by atoms with van der Waals surface area (Å²) in [5.74, 6) is 3.09. The van der Waals surface area contributed by atoms with Gasteiger partial charge in [-0.2, -0.15) is 16.9 Å². The fourth-order valence-corrected chi connectivity index (χ4v) is 1.61. The summed E-state index contributed by atoms with van der Waals surface area (Å²) >= 11 is 1.87. The minimum absolute atomic E-state index is 0.783. The van der Waals surface area contributed by atoms with Gasteiger partial charge in [-0.25, -0.2) is 4.98 Å². The summed E-state index contributed by atoms with van der Waals surface area (Å²) < 4.78 is 1.78. The molecule has 0 aliphatic carbocycles. The summed E-state index contributed by atoms with van der Waals surface area (Å²) in [6.45, 7) is 5.44. The lowest BCUT2D eigenvalue weighted by molar-refractivity contribution is 0.632. The molecule has 0 radical (unpaired) electrons. The van der Waals surface area contributed by atoms with E-state index in [1.54, 1.807) is 11.0 Å². The van der Waals surface area contributed by atoms with Gasteiger partial charge >= 0.3 is 0 Å². The Kier molecular flexibility index (Phi) is 5.32. The zero-order valence-electron chi connectivity index (χ0n) is 8.44. The minimum Gasteiger partial charge on any atom is -0.309 e. The number of rotatable bonds is 7. The molecular weight excluding hydrogens is 196 g/mol. The third kappa shape index (κ3) is 3.93. The van der Waals surface area contributed by atoms with E-state index in [2.05, 4.69) is 22.0 Å². The van der Waals surface area contributed by atoms with E-state index in [1.165, 1.54) is 0 Å². The SMILES string of the molecule is C=CCSCCNCc1ncnn1C. The minimum atomic E-state index is 0.783. The Bertz CT molecular complexity index is 272. The number of aromatic nitrogens is 3. The van der Waals surface area contributed by atoms with Crippen molar-refractivity contribution in [3.63, 3.8) is 0 Å². The molecule has 78 valence electrons. The van der Waals surface area contributed by atoms with Gasteiger partial charge in [0.25, 0.3) is 0 Å². The Morgan fingerprint density at radius 1 is 1.71 bits per heavy atom. The van der Waals surface area contributed by atoms with Crippen LogP contribution in [0.1, 0.15) is 5.82 Å². The molecule has 0 fully saturated rings. The monoisotopic (exact) mass is 212 g/mol. The summed E-state index contributed by atoms with van der Waals surface area (Å²) in [4.78, 5) is 4.12. The van der Waals surface area contributed by atoms with Crippen LogP contribution in [-0.4, -0.2) is 32.8 Å². The van der Waals surface area contributed by atoms with Crippen molar-refractivity contribution in [1.29, 1.82) is 0 Å². The molecule has 0 amide bonds. The molecule has 1 heterocycles. The average Bonchev–Trinajstić information content (AvgIpc) is 2.58. The van der Waals surface area contributed by atoms with Crippen molar-refractivity contribution < 1.29 is 0 Å². The van der Waals surface area contributed by atoms with E-state index in [-0.39, 0.29) is 0 Å². The van der Waals surface area contributed by atoms with Crippen molar-refractivity contribution in [3.8, 4) is 0 Å². The summed E-state index contributed by atoms with van der Waals surface area (Å²) in [7, 11) is 1.90. The molecule has 1 rings (SSSR count). The molecule has 0 unspecified atom stereocenters. The van der Waals surface area contributed by atoms with Crippen LogP contribution in [0.5, 0.6) is 0 Å². The lowest BCUT2D eigenvalue weighted by Crippen LogP contribution is -2.19. The highest BCUT2D eigenvalue weighted by Crippen LogP contribution is 1.97. The lowest BCUT2D eigenvalue weighted by Gasteiger charge is -2.02. The third-order valence-corrected chi connectivity index (χ3v) is 2.71. The summed E-state index contributed by atoms with van der Waals surface area (Å²) in [6.07, 6.45) is 3.50. The van der Waals surface area contributed by atoms with E-state index in [4.69, 9.17) is 0 Å². The molecule has 1 aromatic rings. The molecule has 0 aliphatic heterocycles. The lowest BCUT2D eigenvalue weighted by atomic mass is 10.5. The average molecular weight is 212 g/mol. The van der Waals surface area contributed by atoms with Gasteiger partial charge in [-0.15, -0.1) is 6.58 Å². The number of thioether (sulfide) groups is 1. The molecular formula is C9H16N4S. The van der Waals surface area contributed by atoms with Gasteiger partial charge in [-0.3, -0.25) is 4.68 Å². The first-order valence-electron chi connectivity index (χ1n) is 4.57. The predicted octanol–water partition coefficient (Wildman–Crippen LogP) is 0.824. The second-order valence-electron chi connectivity index (χ2n) is 2.84. The first-order valence-corrected chi connectivity index (χ1v) is 5.72. The van der Waals surface area contributed by atoms with E-state index in [1.807, 2.05) is 24.9 Å². The topological polar surface area (TPSA) is 42.7 Å². The van der Waals surface area contributed by atoms with Crippen LogP contribution in [0.2, 0.25) is 0 Å². The van der Waals surface area contributed by atoms with Gasteiger partial charge in [0.15, 0.2) is 0 Å². The largest absolute Gasteiger partial charge is 0.309 e. The Morgan fingerprint density at radius 3 is 3.21 bits per heavy atom. The molecule has 0 saturated heterocycles. The van der Waals surface area contributed by atoms with Crippen LogP contribution in [0.25, 0.3) is 0 Å². The molecule has 1 aromatic heterocycles. The first kappa shape index (κ1) is 11.3. The molecule has 0 atom stereocenters. The van der Waals surface area contributed by atoms with Gasteiger partial charge in [-0.05, 0) is 0 Å². The zero-order chi connectivity index (χ0) is 10.2. The maximum atomic E-state index is 4.12. The van der Waals surface area contributed by atoms with Crippen LogP contribution in [0.3, 0.4) is 0 Å². The summed E-state index contributed by atoms with van der Waals surface area (Å²) in [5.41, 5.74) is 0. The normalized spacial score (nSPS) is 10.4. The van der Waals surface area contributed by atoms with Gasteiger partial charge in [0.1, 0.15) is 12.2 Å². The molecule has 1 N–H and O–H groups in total. The molecule has 5 heteroatoms. The van der Waals surface area contributed by atoms with Crippen LogP contribution in [-0.2, 0) is 13.6 Å². The van der Waals surface area contributed by atoms with Crippen molar-refractivity contribution in [1.82, 2.24) is 20.1 Å². The Morgan fingerprint density at radius 2 is 2.57 bits per heavy atom.